The molecule has 8 nitrogen and oxygen atoms in total. The van der Waals surface area contributed by atoms with Gasteiger partial charge in [-0.1, -0.05) is 127 Å². The SMILES string of the molecule is CCCC/C=C/C(O)C(COP(=O)([O-])OCC[N+](C)(C)C)NC(=O)CCCCCCCC/C=C\C/C=C\C/C=C\CCCCCCC. The molecule has 3 unspecified atom stereocenters. The molecular formula is C38H71N2O6P. The number of aliphatic hydroxyl groups excluding tert-OH is 1. The van der Waals surface area contributed by atoms with Crippen molar-refractivity contribution in [3.05, 3.63) is 48.6 Å². The van der Waals surface area contributed by atoms with Crippen LogP contribution in [0, 0.1) is 0 Å². The van der Waals surface area contributed by atoms with E-state index in [0.717, 1.165) is 64.2 Å². The molecule has 274 valence electrons. The molecule has 0 saturated heterocycles. The summed E-state index contributed by atoms with van der Waals surface area (Å²) < 4.78 is 22.8. The maximum Gasteiger partial charge on any atom is 0.268 e. The number of allylic oxidation sites excluding steroid dienone is 7. The van der Waals surface area contributed by atoms with Crippen molar-refractivity contribution in [2.24, 2.45) is 0 Å². The molecule has 0 radical (unpaired) electrons. The molecule has 1 amide bonds. The van der Waals surface area contributed by atoms with Gasteiger partial charge in [-0.3, -0.25) is 9.36 Å². The van der Waals surface area contributed by atoms with Gasteiger partial charge in [0.05, 0.1) is 39.9 Å². The Morgan fingerprint density at radius 3 is 1.83 bits per heavy atom. The Kier molecular flexibility index (Phi) is 29.5. The minimum atomic E-state index is -4.57. The van der Waals surface area contributed by atoms with E-state index in [0.29, 0.717) is 17.4 Å². The Balaban J connectivity index is 4.20. The molecular weight excluding hydrogens is 611 g/mol. The summed E-state index contributed by atoms with van der Waals surface area (Å²) in [6.07, 6.45) is 36.4. The molecule has 0 aliphatic carbocycles. The molecule has 0 heterocycles. The monoisotopic (exact) mass is 683 g/mol. The zero-order valence-electron chi connectivity index (χ0n) is 30.7. The molecule has 0 spiro atoms. The standard InChI is InChI=1S/C38H71N2O6P/c1-6-8-10-12-13-14-15-16-17-18-19-20-21-22-23-24-25-26-27-28-30-32-38(42)39-36(37(41)31-29-11-9-7-2)35-46-47(43,44)45-34-33-40(3,4)5/h15-16,18-19,21-22,29,31,36-37,41H,6-14,17,20,23-28,30,32-35H2,1-5H3,(H-,39,42,43,44)/b16-15-,19-18-,22-21-,31-29+. The van der Waals surface area contributed by atoms with Crippen LogP contribution < -0.4 is 10.2 Å². The number of likely N-dealkylation sites (N-methyl/N-ethyl adjacent to an activating group) is 1. The number of phosphoric acid groups is 1. The molecule has 2 N–H and O–H groups in total. The second kappa shape index (κ2) is 30.5. The summed E-state index contributed by atoms with van der Waals surface area (Å²) in [5.74, 6) is -0.223. The molecule has 0 aromatic carbocycles. The molecule has 0 saturated carbocycles. The first-order valence-electron chi connectivity index (χ1n) is 18.5. The molecule has 47 heavy (non-hydrogen) atoms. The maximum atomic E-state index is 12.6. The van der Waals surface area contributed by atoms with E-state index in [-0.39, 0.29) is 12.5 Å². The van der Waals surface area contributed by atoms with Crippen LogP contribution in [0.15, 0.2) is 48.6 Å². The van der Waals surface area contributed by atoms with E-state index in [9.17, 15) is 19.4 Å². The van der Waals surface area contributed by atoms with E-state index in [1.54, 1.807) is 6.08 Å². The number of carbonyl (C=O) groups excluding carboxylic acids is 1. The van der Waals surface area contributed by atoms with Gasteiger partial charge in [-0.2, -0.15) is 0 Å². The number of rotatable bonds is 32. The fourth-order valence-corrected chi connectivity index (χ4v) is 5.45. The van der Waals surface area contributed by atoms with Crippen molar-refractivity contribution in [1.29, 1.82) is 0 Å². The second-order valence-corrected chi connectivity index (χ2v) is 15.0. The third-order valence-corrected chi connectivity index (χ3v) is 8.75. The normalized spacial score (nSPS) is 15.3. The zero-order chi connectivity index (χ0) is 35.1. The molecule has 3 atom stereocenters. The van der Waals surface area contributed by atoms with Gasteiger partial charge < -0.3 is 28.8 Å². The summed E-state index contributed by atoms with van der Waals surface area (Å²) in [6, 6.07) is -0.889. The van der Waals surface area contributed by atoms with Gasteiger partial charge >= 0.3 is 0 Å². The van der Waals surface area contributed by atoms with Crippen LogP contribution in [0.4, 0.5) is 0 Å². The van der Waals surface area contributed by atoms with Gasteiger partial charge in [0, 0.05) is 6.42 Å². The predicted octanol–water partition coefficient (Wildman–Crippen LogP) is 8.72. The molecule has 9 heteroatoms. The Bertz CT molecular complexity index is 912. The number of quaternary nitrogens is 1. The smallest absolute Gasteiger partial charge is 0.268 e. The first-order chi connectivity index (χ1) is 22.5. The van der Waals surface area contributed by atoms with Gasteiger partial charge in [-0.15, -0.1) is 0 Å². The summed E-state index contributed by atoms with van der Waals surface area (Å²) in [5, 5.41) is 13.4. The summed E-state index contributed by atoms with van der Waals surface area (Å²) >= 11 is 0. The molecule has 0 aliphatic heterocycles. The number of unbranched alkanes of at least 4 members (excludes halogenated alkanes) is 13. The predicted molar refractivity (Wildman–Crippen MR) is 196 cm³/mol. The van der Waals surface area contributed by atoms with Crippen molar-refractivity contribution in [3.63, 3.8) is 0 Å². The first-order valence-corrected chi connectivity index (χ1v) is 20.0. The molecule has 0 aliphatic rings. The maximum absolute atomic E-state index is 12.6. The van der Waals surface area contributed by atoms with Crippen LogP contribution in [0.5, 0.6) is 0 Å². The van der Waals surface area contributed by atoms with E-state index >= 15 is 0 Å². The highest BCUT2D eigenvalue weighted by Gasteiger charge is 2.23. The fraction of sp³-hybridized carbons (Fsp3) is 0.763. The van der Waals surface area contributed by atoms with E-state index in [1.165, 1.54) is 51.4 Å². The van der Waals surface area contributed by atoms with Crippen LogP contribution in [0.3, 0.4) is 0 Å². The van der Waals surface area contributed by atoms with Crippen molar-refractivity contribution in [1.82, 2.24) is 5.32 Å². The van der Waals surface area contributed by atoms with Gasteiger partial charge in [0.25, 0.3) is 7.82 Å². The van der Waals surface area contributed by atoms with Gasteiger partial charge in [0.2, 0.25) is 5.91 Å². The van der Waals surface area contributed by atoms with Gasteiger partial charge in [0.15, 0.2) is 0 Å². The lowest BCUT2D eigenvalue weighted by Gasteiger charge is -2.29. The van der Waals surface area contributed by atoms with E-state index in [4.69, 9.17) is 9.05 Å². The molecule has 0 fully saturated rings. The van der Waals surface area contributed by atoms with Gasteiger partial charge in [0.1, 0.15) is 13.2 Å². The number of phosphoric ester groups is 1. The Morgan fingerprint density at radius 2 is 1.26 bits per heavy atom. The number of carbonyl (C=O) groups is 1. The van der Waals surface area contributed by atoms with Gasteiger partial charge in [-0.25, -0.2) is 0 Å². The van der Waals surface area contributed by atoms with Crippen molar-refractivity contribution in [2.75, 3.05) is 40.9 Å². The molecule has 0 aromatic heterocycles. The van der Waals surface area contributed by atoms with Crippen molar-refractivity contribution >= 4 is 13.7 Å². The molecule has 0 rings (SSSR count). The minimum absolute atomic E-state index is 0.00722. The van der Waals surface area contributed by atoms with Crippen LogP contribution >= 0.6 is 7.82 Å². The fourth-order valence-electron chi connectivity index (χ4n) is 4.73. The van der Waals surface area contributed by atoms with Crippen LogP contribution in [-0.4, -0.2) is 68.5 Å². The number of aliphatic hydroxyl groups is 1. The quantitative estimate of drug-likeness (QED) is 0.0318. The third kappa shape index (κ3) is 32.8. The lowest BCUT2D eigenvalue weighted by molar-refractivity contribution is -0.870. The Labute approximate surface area is 289 Å². The van der Waals surface area contributed by atoms with Crippen LogP contribution in [0.1, 0.15) is 136 Å². The van der Waals surface area contributed by atoms with Crippen molar-refractivity contribution < 1.29 is 32.9 Å². The average Bonchev–Trinajstić information content (AvgIpc) is 3.01. The molecule has 0 bridgehead atoms. The Morgan fingerprint density at radius 1 is 0.745 bits per heavy atom. The summed E-state index contributed by atoms with van der Waals surface area (Å²) in [4.78, 5) is 24.9. The first kappa shape index (κ1) is 45.5. The van der Waals surface area contributed by atoms with Crippen molar-refractivity contribution in [3.8, 4) is 0 Å². The average molecular weight is 683 g/mol. The van der Waals surface area contributed by atoms with Crippen molar-refractivity contribution in [2.45, 2.75) is 148 Å². The topological polar surface area (TPSA) is 108 Å². The Hall–Kier alpha value is -1.54. The minimum Gasteiger partial charge on any atom is -0.756 e. The number of hydrogen-bond donors (Lipinski definition) is 2. The van der Waals surface area contributed by atoms with Crippen LogP contribution in [0.25, 0.3) is 0 Å². The number of hydrogen-bond acceptors (Lipinski definition) is 6. The lowest BCUT2D eigenvalue weighted by atomic mass is 10.1. The number of nitrogens with zero attached hydrogens (tertiary/aromatic N) is 1. The molecule has 0 aromatic rings. The van der Waals surface area contributed by atoms with E-state index in [1.807, 2.05) is 27.2 Å². The van der Waals surface area contributed by atoms with Crippen LogP contribution in [-0.2, 0) is 18.4 Å². The highest BCUT2D eigenvalue weighted by atomic mass is 31.2. The zero-order valence-corrected chi connectivity index (χ0v) is 31.6. The summed E-state index contributed by atoms with van der Waals surface area (Å²) in [6.45, 7) is 4.43. The highest BCUT2D eigenvalue weighted by molar-refractivity contribution is 7.45. The second-order valence-electron chi connectivity index (χ2n) is 13.6. The summed E-state index contributed by atoms with van der Waals surface area (Å²) in [5.41, 5.74) is 0. The van der Waals surface area contributed by atoms with E-state index < -0.39 is 26.6 Å². The van der Waals surface area contributed by atoms with E-state index in [2.05, 4.69) is 55.6 Å². The number of amides is 1. The summed E-state index contributed by atoms with van der Waals surface area (Å²) in [7, 11) is 1.23. The lowest BCUT2D eigenvalue weighted by Crippen LogP contribution is -2.45. The third-order valence-electron chi connectivity index (χ3n) is 7.78. The van der Waals surface area contributed by atoms with Crippen LogP contribution in [0.2, 0.25) is 0 Å². The number of nitrogens with one attached hydrogen (secondary N) is 1. The largest absolute Gasteiger partial charge is 0.756 e. The van der Waals surface area contributed by atoms with Gasteiger partial charge in [-0.05, 0) is 51.4 Å². The highest BCUT2D eigenvalue weighted by Crippen LogP contribution is 2.38.